The van der Waals surface area contributed by atoms with Gasteiger partial charge in [-0.25, -0.2) is 0 Å². The van der Waals surface area contributed by atoms with Gasteiger partial charge in [0.25, 0.3) is 11.6 Å². The summed E-state index contributed by atoms with van der Waals surface area (Å²) in [5.74, 6) is -0.430. The van der Waals surface area contributed by atoms with E-state index < -0.39 is 10.8 Å². The topological polar surface area (TPSA) is 77.2 Å². The summed E-state index contributed by atoms with van der Waals surface area (Å²) in [5.41, 5.74) is 2.04. The summed E-state index contributed by atoms with van der Waals surface area (Å²) < 4.78 is 2.00. The Morgan fingerprint density at radius 3 is 2.62 bits per heavy atom. The lowest BCUT2D eigenvalue weighted by molar-refractivity contribution is -0.384. The molecule has 7 heteroatoms. The van der Waals surface area contributed by atoms with Crippen molar-refractivity contribution in [3.05, 3.63) is 93.3 Å². The zero-order chi connectivity index (χ0) is 18.5. The zero-order valence-electron chi connectivity index (χ0n) is 13.8. The molecule has 0 atom stereocenters. The minimum atomic E-state index is -0.556. The zero-order valence-corrected chi connectivity index (χ0v) is 14.5. The lowest BCUT2D eigenvalue weighted by atomic mass is 10.1. The van der Waals surface area contributed by atoms with Crippen molar-refractivity contribution in [2.75, 3.05) is 6.54 Å². The summed E-state index contributed by atoms with van der Waals surface area (Å²) in [6.07, 6.45) is 4.56. The molecule has 2 aromatic carbocycles. The Morgan fingerprint density at radius 1 is 1.12 bits per heavy atom. The van der Waals surface area contributed by atoms with Crippen molar-refractivity contribution in [1.29, 1.82) is 0 Å². The number of carbonyl (C=O) groups excluding carboxylic acids is 1. The Morgan fingerprint density at radius 2 is 1.88 bits per heavy atom. The second kappa shape index (κ2) is 7.84. The first kappa shape index (κ1) is 17.7. The molecule has 1 heterocycles. The van der Waals surface area contributed by atoms with Crippen molar-refractivity contribution in [2.45, 2.75) is 6.42 Å². The number of carbonyl (C=O) groups is 1. The SMILES string of the molecule is O=C(NCCc1cccc(-n2cccc2)c1)c1cc([N+](=O)[O-])ccc1Cl. The van der Waals surface area contributed by atoms with E-state index in [1.807, 2.05) is 53.4 Å². The maximum absolute atomic E-state index is 12.3. The maximum Gasteiger partial charge on any atom is 0.270 e. The summed E-state index contributed by atoms with van der Waals surface area (Å²) in [6.45, 7) is 0.396. The van der Waals surface area contributed by atoms with E-state index in [1.54, 1.807) is 0 Å². The van der Waals surface area contributed by atoms with Crippen LogP contribution in [0.1, 0.15) is 15.9 Å². The van der Waals surface area contributed by atoms with Crippen molar-refractivity contribution in [3.63, 3.8) is 0 Å². The first-order chi connectivity index (χ1) is 12.5. The molecule has 6 nitrogen and oxygen atoms in total. The molecule has 0 radical (unpaired) electrons. The van der Waals surface area contributed by atoms with Crippen molar-refractivity contribution in [2.24, 2.45) is 0 Å². The van der Waals surface area contributed by atoms with E-state index in [0.717, 1.165) is 11.3 Å². The molecule has 3 aromatic rings. The molecule has 0 bridgehead atoms. The number of amides is 1. The molecule has 0 spiro atoms. The maximum atomic E-state index is 12.3. The van der Waals surface area contributed by atoms with Gasteiger partial charge in [-0.05, 0) is 42.3 Å². The van der Waals surface area contributed by atoms with E-state index in [-0.39, 0.29) is 16.3 Å². The van der Waals surface area contributed by atoms with Crippen LogP contribution in [0.15, 0.2) is 67.0 Å². The van der Waals surface area contributed by atoms with Gasteiger partial charge in [-0.3, -0.25) is 14.9 Å². The van der Waals surface area contributed by atoms with Crippen molar-refractivity contribution in [1.82, 2.24) is 9.88 Å². The van der Waals surface area contributed by atoms with Gasteiger partial charge in [0.15, 0.2) is 0 Å². The third-order valence-electron chi connectivity index (χ3n) is 3.92. The van der Waals surface area contributed by atoms with Crippen LogP contribution in [0.25, 0.3) is 5.69 Å². The minimum Gasteiger partial charge on any atom is -0.352 e. The molecule has 132 valence electrons. The van der Waals surface area contributed by atoms with E-state index in [1.165, 1.54) is 18.2 Å². The number of rotatable bonds is 6. The molecule has 3 rings (SSSR count). The standard InChI is InChI=1S/C19H16ClN3O3/c20-18-7-6-16(23(25)26)13-17(18)19(24)21-9-8-14-4-3-5-15(12-14)22-10-1-2-11-22/h1-7,10-13H,8-9H2,(H,21,24). The quantitative estimate of drug-likeness (QED) is 0.526. The van der Waals surface area contributed by atoms with Crippen LogP contribution in [0.5, 0.6) is 0 Å². The molecule has 0 unspecified atom stereocenters. The first-order valence-electron chi connectivity index (χ1n) is 7.99. The van der Waals surface area contributed by atoms with Gasteiger partial charge in [-0.1, -0.05) is 23.7 Å². The van der Waals surface area contributed by atoms with E-state index >= 15 is 0 Å². The molecular weight excluding hydrogens is 354 g/mol. The van der Waals surface area contributed by atoms with E-state index in [4.69, 9.17) is 11.6 Å². The van der Waals surface area contributed by atoms with Crippen LogP contribution in [-0.4, -0.2) is 21.9 Å². The lowest BCUT2D eigenvalue weighted by Crippen LogP contribution is -2.26. The average molecular weight is 370 g/mol. The fourth-order valence-corrected chi connectivity index (χ4v) is 2.80. The van der Waals surface area contributed by atoms with Gasteiger partial charge in [-0.15, -0.1) is 0 Å². The first-order valence-corrected chi connectivity index (χ1v) is 8.37. The van der Waals surface area contributed by atoms with E-state index in [9.17, 15) is 14.9 Å². The number of nitrogens with one attached hydrogen (secondary N) is 1. The molecule has 0 saturated carbocycles. The summed E-state index contributed by atoms with van der Waals surface area (Å²) in [4.78, 5) is 22.6. The van der Waals surface area contributed by atoms with E-state index in [0.29, 0.717) is 13.0 Å². The number of aromatic nitrogens is 1. The summed E-state index contributed by atoms with van der Waals surface area (Å²) in [6, 6.07) is 15.7. The largest absolute Gasteiger partial charge is 0.352 e. The lowest BCUT2D eigenvalue weighted by Gasteiger charge is -2.09. The second-order valence-corrected chi connectivity index (χ2v) is 6.09. The van der Waals surface area contributed by atoms with Gasteiger partial charge >= 0.3 is 0 Å². The van der Waals surface area contributed by atoms with Crippen LogP contribution in [0.4, 0.5) is 5.69 Å². The monoisotopic (exact) mass is 369 g/mol. The number of nitrogens with zero attached hydrogens (tertiary/aromatic N) is 2. The summed E-state index contributed by atoms with van der Waals surface area (Å²) in [7, 11) is 0. The Balaban J connectivity index is 1.63. The van der Waals surface area contributed by atoms with Gasteiger partial charge < -0.3 is 9.88 Å². The third kappa shape index (κ3) is 4.10. The van der Waals surface area contributed by atoms with Crippen molar-refractivity contribution < 1.29 is 9.72 Å². The number of hydrogen-bond donors (Lipinski definition) is 1. The van der Waals surface area contributed by atoms with Crippen LogP contribution in [-0.2, 0) is 6.42 Å². The molecule has 0 aliphatic heterocycles. The number of non-ortho nitro benzene ring substituents is 1. The van der Waals surface area contributed by atoms with Gasteiger partial charge in [0.05, 0.1) is 15.5 Å². The van der Waals surface area contributed by atoms with Crippen molar-refractivity contribution >= 4 is 23.2 Å². The number of hydrogen-bond acceptors (Lipinski definition) is 3. The van der Waals surface area contributed by atoms with E-state index in [2.05, 4.69) is 5.32 Å². The molecule has 0 aliphatic rings. The normalized spacial score (nSPS) is 10.5. The molecule has 0 fully saturated rings. The van der Waals surface area contributed by atoms with Crippen LogP contribution < -0.4 is 5.32 Å². The third-order valence-corrected chi connectivity index (χ3v) is 4.25. The number of halogens is 1. The molecule has 1 N–H and O–H groups in total. The molecule has 1 aromatic heterocycles. The van der Waals surface area contributed by atoms with Crippen molar-refractivity contribution in [3.8, 4) is 5.69 Å². The highest BCUT2D eigenvalue weighted by Crippen LogP contribution is 2.22. The Bertz CT molecular complexity index is 939. The highest BCUT2D eigenvalue weighted by molar-refractivity contribution is 6.33. The fourth-order valence-electron chi connectivity index (χ4n) is 2.60. The Labute approximate surface area is 155 Å². The van der Waals surface area contributed by atoms with Gasteiger partial charge in [-0.2, -0.15) is 0 Å². The molecular formula is C19H16ClN3O3. The Hall–Kier alpha value is -3.12. The molecule has 26 heavy (non-hydrogen) atoms. The molecule has 1 amide bonds. The van der Waals surface area contributed by atoms with Gasteiger partial charge in [0.1, 0.15) is 0 Å². The highest BCUT2D eigenvalue weighted by Gasteiger charge is 2.15. The summed E-state index contributed by atoms with van der Waals surface area (Å²) in [5, 5.41) is 13.8. The number of benzene rings is 2. The van der Waals surface area contributed by atoms with Crippen LogP contribution in [0.2, 0.25) is 5.02 Å². The minimum absolute atomic E-state index is 0.0990. The van der Waals surface area contributed by atoms with Crippen LogP contribution >= 0.6 is 11.6 Å². The van der Waals surface area contributed by atoms with Crippen LogP contribution in [0.3, 0.4) is 0 Å². The summed E-state index contributed by atoms with van der Waals surface area (Å²) >= 11 is 5.98. The number of nitro benzene ring substituents is 1. The fraction of sp³-hybridized carbons (Fsp3) is 0.105. The second-order valence-electron chi connectivity index (χ2n) is 5.69. The van der Waals surface area contributed by atoms with Gasteiger partial charge in [0, 0.05) is 36.8 Å². The smallest absolute Gasteiger partial charge is 0.270 e. The number of nitro groups is 1. The average Bonchev–Trinajstić information content (AvgIpc) is 3.17. The molecule has 0 aliphatic carbocycles. The molecule has 0 saturated heterocycles. The Kier molecular flexibility index (Phi) is 5.34. The predicted octanol–water partition coefficient (Wildman–Crippen LogP) is 4.01. The van der Waals surface area contributed by atoms with Gasteiger partial charge in [0.2, 0.25) is 0 Å². The predicted molar refractivity (Wildman–Crippen MR) is 99.9 cm³/mol. The highest BCUT2D eigenvalue weighted by atomic mass is 35.5. The van der Waals surface area contributed by atoms with Crippen LogP contribution in [0, 0.1) is 10.1 Å².